The number of halogens is 1. The van der Waals surface area contributed by atoms with Crippen LogP contribution in [0.3, 0.4) is 0 Å². The van der Waals surface area contributed by atoms with Gasteiger partial charge in [-0.1, -0.05) is 41.4 Å². The van der Waals surface area contributed by atoms with Crippen LogP contribution >= 0.6 is 11.6 Å². The first-order valence-corrected chi connectivity index (χ1v) is 11.1. The van der Waals surface area contributed by atoms with E-state index >= 15 is 0 Å². The molecule has 3 rings (SSSR count). The van der Waals surface area contributed by atoms with Gasteiger partial charge in [0.05, 0.1) is 37.3 Å². The van der Waals surface area contributed by atoms with Gasteiger partial charge in [-0.05, 0) is 36.8 Å². The average Bonchev–Trinajstić information content (AvgIpc) is 2.70. The smallest absolute Gasteiger partial charge is 0.295 e. The number of quaternary nitrogens is 1. The van der Waals surface area contributed by atoms with Crippen LogP contribution in [-0.2, 0) is 14.8 Å². The second-order valence-corrected chi connectivity index (χ2v) is 9.36. The van der Waals surface area contributed by atoms with Crippen molar-refractivity contribution in [1.82, 2.24) is 9.73 Å². The Morgan fingerprint density at radius 2 is 1.76 bits per heavy atom. The molecule has 0 bridgehead atoms. The number of aryl methyl sites for hydroxylation is 1. The normalized spacial score (nSPS) is 16.2. The third-order valence-electron chi connectivity index (χ3n) is 4.77. The second-order valence-electron chi connectivity index (χ2n) is 6.99. The van der Waals surface area contributed by atoms with Crippen molar-refractivity contribution in [2.75, 3.05) is 32.7 Å². The van der Waals surface area contributed by atoms with Gasteiger partial charge >= 0.3 is 0 Å². The fourth-order valence-electron chi connectivity index (χ4n) is 3.07. The number of hydrogen-bond donors (Lipinski definition) is 2. The minimum absolute atomic E-state index is 0.208. The molecule has 1 aliphatic rings. The monoisotopic (exact) mass is 435 g/mol. The molecule has 2 aromatic carbocycles. The summed E-state index contributed by atoms with van der Waals surface area (Å²) in [4.78, 5) is 13.4. The van der Waals surface area contributed by atoms with Crippen LogP contribution in [0.1, 0.15) is 11.1 Å². The number of carbonyl (C=O) groups is 1. The molecule has 2 N–H and O–H groups in total. The van der Waals surface area contributed by atoms with Gasteiger partial charge in [-0.15, -0.1) is 0 Å². The third-order valence-corrected chi connectivity index (χ3v) is 6.94. The van der Waals surface area contributed by atoms with E-state index in [1.54, 1.807) is 54.7 Å². The molecule has 1 amide bonds. The molecule has 2 aromatic rings. The van der Waals surface area contributed by atoms with E-state index in [4.69, 9.17) is 11.6 Å². The summed E-state index contributed by atoms with van der Waals surface area (Å²) < 4.78 is 27.0. The molecule has 0 saturated carbocycles. The maximum absolute atomic E-state index is 12.7. The molecule has 0 unspecified atom stereocenters. The Hall–Kier alpha value is -2.26. The highest BCUT2D eigenvalue weighted by molar-refractivity contribution is 7.89. The zero-order valence-corrected chi connectivity index (χ0v) is 17.7. The van der Waals surface area contributed by atoms with Crippen molar-refractivity contribution in [2.45, 2.75) is 11.8 Å². The molecule has 1 saturated heterocycles. The minimum atomic E-state index is -3.49. The van der Waals surface area contributed by atoms with E-state index in [1.807, 2.05) is 6.92 Å². The van der Waals surface area contributed by atoms with E-state index in [0.29, 0.717) is 36.1 Å². The molecule has 1 aliphatic heterocycles. The SMILES string of the molecule is Cc1ccc(S(=O)(=O)N2CC[NH+](CC(=O)NN=Cc3ccc(Cl)cc3)CC2)cc1. The summed E-state index contributed by atoms with van der Waals surface area (Å²) in [6, 6.07) is 14.0. The molecular weight excluding hydrogens is 412 g/mol. The van der Waals surface area contributed by atoms with Gasteiger partial charge in [0.1, 0.15) is 0 Å². The quantitative estimate of drug-likeness (QED) is 0.517. The number of hydrazone groups is 1. The van der Waals surface area contributed by atoms with Gasteiger partial charge in [-0.25, -0.2) is 13.8 Å². The van der Waals surface area contributed by atoms with Gasteiger partial charge in [-0.3, -0.25) is 4.79 Å². The zero-order chi connectivity index (χ0) is 20.9. The molecule has 0 aliphatic carbocycles. The number of nitrogens with zero attached hydrogens (tertiary/aromatic N) is 2. The molecule has 0 aromatic heterocycles. The number of nitrogens with one attached hydrogen (secondary N) is 2. The number of piperazine rings is 1. The molecule has 0 atom stereocenters. The van der Waals surface area contributed by atoms with Gasteiger partial charge in [0.15, 0.2) is 6.54 Å². The van der Waals surface area contributed by atoms with E-state index in [-0.39, 0.29) is 12.5 Å². The minimum Gasteiger partial charge on any atom is -0.325 e. The van der Waals surface area contributed by atoms with E-state index in [9.17, 15) is 13.2 Å². The average molecular weight is 436 g/mol. The van der Waals surface area contributed by atoms with Crippen molar-refractivity contribution < 1.29 is 18.1 Å². The first-order valence-electron chi connectivity index (χ1n) is 9.32. The summed E-state index contributed by atoms with van der Waals surface area (Å²) in [5.74, 6) is -0.208. The molecule has 154 valence electrons. The molecule has 0 spiro atoms. The molecule has 9 heteroatoms. The standard InChI is InChI=1S/C20H23ClN4O3S/c1-16-2-8-19(9-3-16)29(27,28)25-12-10-24(11-13-25)15-20(26)23-22-14-17-4-6-18(21)7-5-17/h2-9,14H,10-13,15H2,1H3,(H,23,26)/p+1. The lowest BCUT2D eigenvalue weighted by atomic mass is 10.2. The van der Waals surface area contributed by atoms with Crippen LogP contribution in [0.25, 0.3) is 0 Å². The maximum atomic E-state index is 12.7. The van der Waals surface area contributed by atoms with Crippen LogP contribution in [0.15, 0.2) is 58.5 Å². The van der Waals surface area contributed by atoms with E-state index in [0.717, 1.165) is 16.0 Å². The lowest BCUT2D eigenvalue weighted by Crippen LogP contribution is -3.15. The highest BCUT2D eigenvalue weighted by atomic mass is 35.5. The highest BCUT2D eigenvalue weighted by Crippen LogP contribution is 2.16. The van der Waals surface area contributed by atoms with Crippen molar-refractivity contribution in [1.29, 1.82) is 0 Å². The Kier molecular flexibility index (Phi) is 7.02. The van der Waals surface area contributed by atoms with E-state index in [2.05, 4.69) is 10.5 Å². The van der Waals surface area contributed by atoms with Gasteiger partial charge in [0.25, 0.3) is 5.91 Å². The van der Waals surface area contributed by atoms with Crippen molar-refractivity contribution in [2.24, 2.45) is 5.10 Å². The molecule has 0 radical (unpaired) electrons. The fourth-order valence-corrected chi connectivity index (χ4v) is 4.64. The Labute approximate surface area is 176 Å². The van der Waals surface area contributed by atoms with Gasteiger partial charge in [0.2, 0.25) is 10.0 Å². The Morgan fingerprint density at radius 1 is 1.14 bits per heavy atom. The summed E-state index contributed by atoms with van der Waals surface area (Å²) in [5, 5.41) is 4.59. The van der Waals surface area contributed by atoms with Crippen LogP contribution in [0.5, 0.6) is 0 Å². The van der Waals surface area contributed by atoms with Crippen LogP contribution in [0.4, 0.5) is 0 Å². The van der Waals surface area contributed by atoms with Crippen molar-refractivity contribution in [3.8, 4) is 0 Å². The van der Waals surface area contributed by atoms with Crippen molar-refractivity contribution in [3.05, 3.63) is 64.7 Å². The Balaban J connectivity index is 1.47. The molecule has 29 heavy (non-hydrogen) atoms. The summed E-state index contributed by atoms with van der Waals surface area (Å²) in [6.45, 7) is 4.07. The number of carbonyl (C=O) groups excluding carboxylic acids is 1. The third kappa shape index (κ3) is 5.86. The predicted molar refractivity (Wildman–Crippen MR) is 113 cm³/mol. The van der Waals surface area contributed by atoms with Crippen LogP contribution in [0, 0.1) is 6.92 Å². The van der Waals surface area contributed by atoms with Crippen LogP contribution in [-0.4, -0.2) is 57.6 Å². The Bertz CT molecular complexity index is 968. The van der Waals surface area contributed by atoms with Crippen molar-refractivity contribution >= 4 is 33.7 Å². The summed E-state index contributed by atoms with van der Waals surface area (Å²) >= 11 is 5.83. The van der Waals surface area contributed by atoms with Gasteiger partial charge in [0, 0.05) is 5.02 Å². The number of amides is 1. The lowest BCUT2D eigenvalue weighted by Gasteiger charge is -2.31. The topological polar surface area (TPSA) is 83.3 Å². The molecular formula is C20H24ClN4O3S+. The van der Waals surface area contributed by atoms with Crippen LogP contribution < -0.4 is 10.3 Å². The molecule has 7 nitrogen and oxygen atoms in total. The second kappa shape index (κ2) is 9.49. The summed E-state index contributed by atoms with van der Waals surface area (Å²) in [6.07, 6.45) is 1.55. The summed E-state index contributed by atoms with van der Waals surface area (Å²) in [5.41, 5.74) is 4.36. The number of benzene rings is 2. The number of rotatable bonds is 6. The maximum Gasteiger partial charge on any atom is 0.295 e. The number of sulfonamides is 1. The first kappa shape index (κ1) is 21.4. The molecule has 1 heterocycles. The lowest BCUT2D eigenvalue weighted by molar-refractivity contribution is -0.895. The predicted octanol–water partition coefficient (Wildman–Crippen LogP) is 0.688. The molecule has 1 fully saturated rings. The van der Waals surface area contributed by atoms with Gasteiger partial charge < -0.3 is 4.90 Å². The van der Waals surface area contributed by atoms with Crippen molar-refractivity contribution in [3.63, 3.8) is 0 Å². The van der Waals surface area contributed by atoms with E-state index < -0.39 is 10.0 Å². The zero-order valence-electron chi connectivity index (χ0n) is 16.1. The van der Waals surface area contributed by atoms with Crippen LogP contribution in [0.2, 0.25) is 5.02 Å². The summed E-state index contributed by atoms with van der Waals surface area (Å²) in [7, 11) is -3.49. The first-order chi connectivity index (χ1) is 13.8. The fraction of sp³-hybridized carbons (Fsp3) is 0.300. The van der Waals surface area contributed by atoms with Gasteiger partial charge in [-0.2, -0.15) is 9.41 Å². The number of hydrogen-bond acceptors (Lipinski definition) is 4. The highest BCUT2D eigenvalue weighted by Gasteiger charge is 2.31. The largest absolute Gasteiger partial charge is 0.325 e. The Morgan fingerprint density at radius 3 is 2.38 bits per heavy atom. The van der Waals surface area contributed by atoms with E-state index in [1.165, 1.54) is 4.31 Å².